The van der Waals surface area contributed by atoms with Gasteiger partial charge in [0.05, 0.1) is 5.56 Å². The summed E-state index contributed by atoms with van der Waals surface area (Å²) in [6.07, 6.45) is 0. The molecule has 1 heterocycles. The van der Waals surface area contributed by atoms with E-state index in [2.05, 4.69) is 0 Å². The summed E-state index contributed by atoms with van der Waals surface area (Å²) in [7, 11) is 1.44. The molecule has 0 spiro atoms. The Morgan fingerprint density at radius 3 is 2.25 bits per heavy atom. The minimum Gasteiger partial charge on any atom is -0.478 e. The number of rotatable bonds is 3. The molecule has 2 aromatic rings. The molecule has 0 unspecified atom stereocenters. The molecule has 0 aliphatic heterocycles. The fourth-order valence-corrected chi connectivity index (χ4v) is 2.24. The first-order chi connectivity index (χ1) is 9.36. The predicted octanol–water partition coefficient (Wildman–Crippen LogP) is 2.54. The third-order valence-corrected chi connectivity index (χ3v) is 3.25. The number of nitrogens with zero attached hydrogens (tertiary/aromatic N) is 1. The first-order valence-electron chi connectivity index (χ1n) is 5.77. The molecule has 0 atom stereocenters. The van der Waals surface area contributed by atoms with Crippen LogP contribution >= 0.6 is 0 Å². The van der Waals surface area contributed by atoms with Gasteiger partial charge in [-0.25, -0.2) is 14.0 Å². The highest BCUT2D eigenvalue weighted by molar-refractivity contribution is 6.05. The average Bonchev–Trinajstić information content (AvgIpc) is 2.62. The van der Waals surface area contributed by atoms with Crippen molar-refractivity contribution >= 4 is 11.9 Å². The maximum atomic E-state index is 13.9. The minimum absolute atomic E-state index is 0.0361. The lowest BCUT2D eigenvalue weighted by atomic mass is 9.99. The molecule has 0 saturated carbocycles. The Hall–Kier alpha value is -2.63. The Labute approximate surface area is 113 Å². The molecule has 20 heavy (non-hydrogen) atoms. The maximum Gasteiger partial charge on any atom is 0.353 e. The van der Waals surface area contributed by atoms with Crippen molar-refractivity contribution in [2.75, 3.05) is 0 Å². The number of aromatic carboxylic acids is 2. The zero-order valence-corrected chi connectivity index (χ0v) is 10.8. The molecule has 0 amide bonds. The van der Waals surface area contributed by atoms with Crippen molar-refractivity contribution < 1.29 is 24.2 Å². The highest BCUT2D eigenvalue weighted by atomic mass is 19.1. The van der Waals surface area contributed by atoms with E-state index in [9.17, 15) is 24.2 Å². The van der Waals surface area contributed by atoms with Crippen LogP contribution in [0, 0.1) is 12.7 Å². The van der Waals surface area contributed by atoms with E-state index in [0.717, 1.165) is 6.07 Å². The van der Waals surface area contributed by atoms with Crippen LogP contribution in [0.3, 0.4) is 0 Å². The Bertz CT molecular complexity index is 681. The van der Waals surface area contributed by atoms with E-state index in [4.69, 9.17) is 0 Å². The molecule has 0 saturated heterocycles. The second-order valence-electron chi connectivity index (χ2n) is 4.33. The first kappa shape index (κ1) is 13.8. The van der Waals surface area contributed by atoms with Crippen LogP contribution in [0.4, 0.5) is 4.39 Å². The highest BCUT2D eigenvalue weighted by Crippen LogP contribution is 2.33. The van der Waals surface area contributed by atoms with Gasteiger partial charge in [0.1, 0.15) is 11.5 Å². The van der Waals surface area contributed by atoms with E-state index in [1.807, 2.05) is 0 Å². The quantitative estimate of drug-likeness (QED) is 0.903. The smallest absolute Gasteiger partial charge is 0.353 e. The van der Waals surface area contributed by atoms with E-state index >= 15 is 0 Å². The topological polar surface area (TPSA) is 79.5 Å². The van der Waals surface area contributed by atoms with Gasteiger partial charge < -0.3 is 14.8 Å². The largest absolute Gasteiger partial charge is 0.478 e. The van der Waals surface area contributed by atoms with Crippen LogP contribution in [0.1, 0.15) is 26.5 Å². The molecule has 0 aliphatic carbocycles. The van der Waals surface area contributed by atoms with E-state index < -0.39 is 17.8 Å². The van der Waals surface area contributed by atoms with Gasteiger partial charge in [0.2, 0.25) is 0 Å². The fraction of sp³-hybridized carbons (Fsp3) is 0.143. The predicted molar refractivity (Wildman–Crippen MR) is 69.5 cm³/mol. The van der Waals surface area contributed by atoms with E-state index in [-0.39, 0.29) is 28.1 Å². The lowest BCUT2D eigenvalue weighted by molar-refractivity contribution is 0.0683. The Balaban J connectivity index is 2.93. The summed E-state index contributed by atoms with van der Waals surface area (Å²) in [5, 5.41) is 18.6. The van der Waals surface area contributed by atoms with Gasteiger partial charge in [0, 0.05) is 23.9 Å². The molecule has 6 heteroatoms. The Kier molecular flexibility index (Phi) is 3.31. The summed E-state index contributed by atoms with van der Waals surface area (Å²) in [6.45, 7) is 1.49. The fourth-order valence-electron chi connectivity index (χ4n) is 2.24. The number of benzene rings is 1. The maximum absolute atomic E-state index is 13.9. The van der Waals surface area contributed by atoms with Crippen LogP contribution < -0.4 is 0 Å². The summed E-state index contributed by atoms with van der Waals surface area (Å²) in [4.78, 5) is 22.8. The Morgan fingerprint density at radius 2 is 1.75 bits per heavy atom. The monoisotopic (exact) mass is 277 g/mol. The average molecular weight is 277 g/mol. The number of hydrogen-bond donors (Lipinski definition) is 2. The third kappa shape index (κ3) is 1.95. The summed E-state index contributed by atoms with van der Waals surface area (Å²) in [5.74, 6) is -3.26. The first-order valence-corrected chi connectivity index (χ1v) is 5.77. The van der Waals surface area contributed by atoms with Crippen molar-refractivity contribution in [2.45, 2.75) is 6.92 Å². The molecular formula is C14H12FNO4. The Morgan fingerprint density at radius 1 is 1.15 bits per heavy atom. The van der Waals surface area contributed by atoms with E-state index in [1.54, 1.807) is 0 Å². The van der Waals surface area contributed by atoms with Crippen LogP contribution in [0.25, 0.3) is 11.1 Å². The molecule has 5 nitrogen and oxygen atoms in total. The molecule has 1 aromatic heterocycles. The zero-order valence-electron chi connectivity index (χ0n) is 10.8. The number of carbonyl (C=O) groups is 2. The summed E-state index contributed by atoms with van der Waals surface area (Å²) in [5.41, 5.74) is -0.331. The summed E-state index contributed by atoms with van der Waals surface area (Å²) in [6, 6.07) is 5.51. The van der Waals surface area contributed by atoms with Gasteiger partial charge >= 0.3 is 11.9 Å². The van der Waals surface area contributed by atoms with Gasteiger partial charge in [0.25, 0.3) is 0 Å². The molecule has 104 valence electrons. The minimum atomic E-state index is -1.30. The highest BCUT2D eigenvalue weighted by Gasteiger charge is 2.29. The van der Waals surface area contributed by atoms with Crippen LogP contribution in [0.2, 0.25) is 0 Å². The van der Waals surface area contributed by atoms with Gasteiger partial charge in [-0.15, -0.1) is 0 Å². The van der Waals surface area contributed by atoms with Crippen molar-refractivity contribution in [1.29, 1.82) is 0 Å². The van der Waals surface area contributed by atoms with Gasteiger partial charge in [-0.3, -0.25) is 0 Å². The van der Waals surface area contributed by atoms with Crippen molar-refractivity contribution in [3.8, 4) is 11.1 Å². The van der Waals surface area contributed by atoms with Crippen molar-refractivity contribution in [3.63, 3.8) is 0 Å². The number of carboxylic acids is 2. The molecule has 0 radical (unpaired) electrons. The van der Waals surface area contributed by atoms with Gasteiger partial charge in [-0.05, 0) is 13.0 Å². The molecule has 2 N–H and O–H groups in total. The van der Waals surface area contributed by atoms with Crippen LogP contribution in [-0.4, -0.2) is 26.7 Å². The standard InChI is InChI=1S/C14H12FNO4/c1-7-10(13(17)18)11(12(14(19)20)16(7)2)8-5-3-4-6-9(8)15/h3-6H,1-2H3,(H,17,18)(H,19,20). The zero-order chi connectivity index (χ0) is 15.0. The molecule has 0 fully saturated rings. The van der Waals surface area contributed by atoms with E-state index in [0.29, 0.717) is 0 Å². The number of halogens is 1. The number of hydrogen-bond acceptors (Lipinski definition) is 2. The summed E-state index contributed by atoms with van der Waals surface area (Å²) >= 11 is 0. The van der Waals surface area contributed by atoms with Crippen molar-refractivity contribution in [2.24, 2.45) is 7.05 Å². The molecular weight excluding hydrogens is 265 g/mol. The molecule has 2 rings (SSSR count). The van der Waals surface area contributed by atoms with Gasteiger partial charge in [-0.1, -0.05) is 18.2 Å². The van der Waals surface area contributed by atoms with Crippen LogP contribution in [0.5, 0.6) is 0 Å². The molecule has 0 aliphatic rings. The van der Waals surface area contributed by atoms with Crippen LogP contribution in [-0.2, 0) is 7.05 Å². The normalized spacial score (nSPS) is 10.6. The number of carboxylic acid groups (broad SMARTS) is 2. The van der Waals surface area contributed by atoms with Crippen molar-refractivity contribution in [1.82, 2.24) is 4.57 Å². The SMILES string of the molecule is Cc1c(C(=O)O)c(-c2ccccc2F)c(C(=O)O)n1C. The van der Waals surface area contributed by atoms with Crippen LogP contribution in [0.15, 0.2) is 24.3 Å². The third-order valence-electron chi connectivity index (χ3n) is 3.25. The van der Waals surface area contributed by atoms with Gasteiger partial charge in [0.15, 0.2) is 0 Å². The molecule has 0 bridgehead atoms. The summed E-state index contributed by atoms with van der Waals surface area (Å²) < 4.78 is 15.2. The van der Waals surface area contributed by atoms with E-state index in [1.165, 1.54) is 36.7 Å². The molecule has 1 aromatic carbocycles. The number of aromatic nitrogens is 1. The second kappa shape index (κ2) is 4.80. The lowest BCUT2D eigenvalue weighted by Crippen LogP contribution is -2.07. The van der Waals surface area contributed by atoms with Gasteiger partial charge in [-0.2, -0.15) is 0 Å². The lowest BCUT2D eigenvalue weighted by Gasteiger charge is -2.05. The van der Waals surface area contributed by atoms with Crippen molar-refractivity contribution in [3.05, 3.63) is 47.0 Å². The second-order valence-corrected chi connectivity index (χ2v) is 4.33.